The zero-order chi connectivity index (χ0) is 13.1. The average Bonchev–Trinajstić information content (AvgIpc) is 2.19. The molecule has 2 nitrogen and oxygen atoms in total. The molecule has 6 heteroatoms. The van der Waals surface area contributed by atoms with E-state index in [1.54, 1.807) is 29.5 Å². The van der Waals surface area contributed by atoms with Crippen LogP contribution < -0.4 is 0 Å². The summed E-state index contributed by atoms with van der Waals surface area (Å²) >= 11 is 1.62. The number of ether oxygens (including phenoxy) is 1. The molecule has 0 saturated carbocycles. The van der Waals surface area contributed by atoms with Gasteiger partial charge in [-0.2, -0.15) is 13.2 Å². The van der Waals surface area contributed by atoms with Crippen molar-refractivity contribution in [3.8, 4) is 0 Å². The largest absolute Gasteiger partial charge is 0.466 e. The van der Waals surface area contributed by atoms with Crippen LogP contribution in [0.5, 0.6) is 0 Å². The summed E-state index contributed by atoms with van der Waals surface area (Å²) in [6, 6.07) is 3.82. The molecule has 0 aliphatic rings. The minimum atomic E-state index is -4.40. The van der Waals surface area contributed by atoms with Crippen LogP contribution in [0.1, 0.15) is 18.1 Å². The Morgan fingerprint density at radius 3 is 2.59 bits per heavy atom. The van der Waals surface area contributed by atoms with E-state index in [0.717, 1.165) is 6.07 Å². The van der Waals surface area contributed by atoms with Crippen LogP contribution in [0.2, 0.25) is 0 Å². The molecule has 0 fully saturated rings. The first kappa shape index (κ1) is 14.3. The molecule has 1 aromatic rings. The number of halogens is 4. The Bertz CT molecular complexity index is 416. The first-order valence-electron chi connectivity index (χ1n) is 4.86. The van der Waals surface area contributed by atoms with Crippen LogP contribution in [-0.2, 0) is 22.1 Å². The Morgan fingerprint density at radius 2 is 2.06 bits per heavy atom. The van der Waals surface area contributed by atoms with Gasteiger partial charge in [-0.15, -0.1) is 0 Å². The SMILES string of the molecule is CCOC(=O)Cc1ccc(I)c(C(F)(F)F)c1. The molecule has 0 heterocycles. The summed E-state index contributed by atoms with van der Waals surface area (Å²) in [6.07, 6.45) is -4.55. The monoisotopic (exact) mass is 358 g/mol. The second kappa shape index (κ2) is 5.70. The summed E-state index contributed by atoms with van der Waals surface area (Å²) in [7, 11) is 0. The van der Waals surface area contributed by atoms with Gasteiger partial charge in [0.1, 0.15) is 0 Å². The van der Waals surface area contributed by atoms with E-state index in [2.05, 4.69) is 4.74 Å². The van der Waals surface area contributed by atoms with Gasteiger partial charge in [-0.05, 0) is 47.2 Å². The van der Waals surface area contributed by atoms with Gasteiger partial charge in [0.2, 0.25) is 0 Å². The van der Waals surface area contributed by atoms with Gasteiger partial charge in [-0.3, -0.25) is 4.79 Å². The standard InChI is InChI=1S/C11H10F3IO2/c1-2-17-10(16)6-7-3-4-9(15)8(5-7)11(12,13)14/h3-5H,2,6H2,1H3. The van der Waals surface area contributed by atoms with Crippen LogP contribution in [0, 0.1) is 3.57 Å². The molecule has 0 radical (unpaired) electrons. The maximum absolute atomic E-state index is 12.6. The van der Waals surface area contributed by atoms with Crippen molar-refractivity contribution in [1.82, 2.24) is 0 Å². The van der Waals surface area contributed by atoms with Gasteiger partial charge >= 0.3 is 12.1 Å². The smallest absolute Gasteiger partial charge is 0.417 e. The van der Waals surface area contributed by atoms with Gasteiger partial charge in [0.15, 0.2) is 0 Å². The summed E-state index contributed by atoms with van der Waals surface area (Å²) in [5.41, 5.74) is -0.420. The molecule has 0 aliphatic carbocycles. The number of carbonyl (C=O) groups excluding carboxylic acids is 1. The highest BCUT2D eigenvalue weighted by atomic mass is 127. The quantitative estimate of drug-likeness (QED) is 0.612. The van der Waals surface area contributed by atoms with Crippen molar-refractivity contribution in [2.24, 2.45) is 0 Å². The maximum Gasteiger partial charge on any atom is 0.417 e. The summed E-state index contributed by atoms with van der Waals surface area (Å²) in [5.74, 6) is -0.526. The number of carbonyl (C=O) groups is 1. The first-order valence-corrected chi connectivity index (χ1v) is 5.93. The molecular weight excluding hydrogens is 348 g/mol. The number of hydrogen-bond donors (Lipinski definition) is 0. The molecule has 0 saturated heterocycles. The van der Waals surface area contributed by atoms with E-state index < -0.39 is 17.7 Å². The second-order valence-corrected chi connectivity index (χ2v) is 4.46. The van der Waals surface area contributed by atoms with Crippen molar-refractivity contribution in [3.63, 3.8) is 0 Å². The van der Waals surface area contributed by atoms with Crippen LogP contribution in [-0.4, -0.2) is 12.6 Å². The van der Waals surface area contributed by atoms with Gasteiger partial charge in [0.25, 0.3) is 0 Å². The van der Waals surface area contributed by atoms with Gasteiger partial charge in [0, 0.05) is 3.57 Å². The fraction of sp³-hybridized carbons (Fsp3) is 0.364. The van der Waals surface area contributed by atoms with E-state index >= 15 is 0 Å². The molecule has 0 bridgehead atoms. The summed E-state index contributed by atoms with van der Waals surface area (Å²) in [4.78, 5) is 11.2. The van der Waals surface area contributed by atoms with Gasteiger partial charge < -0.3 is 4.74 Å². The molecule has 0 spiro atoms. The van der Waals surface area contributed by atoms with E-state index in [-0.39, 0.29) is 16.6 Å². The van der Waals surface area contributed by atoms with E-state index in [1.165, 1.54) is 12.1 Å². The van der Waals surface area contributed by atoms with Crippen molar-refractivity contribution >= 4 is 28.6 Å². The Balaban J connectivity index is 2.93. The Hall–Kier alpha value is -0.790. The van der Waals surface area contributed by atoms with Crippen LogP contribution in [0.15, 0.2) is 18.2 Å². The molecule has 94 valence electrons. The molecule has 1 rings (SSSR count). The number of benzene rings is 1. The number of alkyl halides is 3. The summed E-state index contributed by atoms with van der Waals surface area (Å²) < 4.78 is 42.6. The van der Waals surface area contributed by atoms with E-state index in [0.29, 0.717) is 5.56 Å². The third-order valence-electron chi connectivity index (χ3n) is 1.99. The Labute approximate surface area is 110 Å². The lowest BCUT2D eigenvalue weighted by molar-refractivity contribution is -0.142. The molecule has 0 N–H and O–H groups in total. The van der Waals surface area contributed by atoms with Gasteiger partial charge in [0.05, 0.1) is 18.6 Å². The lowest BCUT2D eigenvalue weighted by Gasteiger charge is -2.10. The number of esters is 1. The van der Waals surface area contributed by atoms with Gasteiger partial charge in [-0.25, -0.2) is 0 Å². The highest BCUT2D eigenvalue weighted by molar-refractivity contribution is 14.1. The molecule has 0 atom stereocenters. The fourth-order valence-corrected chi connectivity index (χ4v) is 1.92. The average molecular weight is 358 g/mol. The predicted molar refractivity (Wildman–Crippen MR) is 64.5 cm³/mol. The van der Waals surface area contributed by atoms with Crippen LogP contribution >= 0.6 is 22.6 Å². The lowest BCUT2D eigenvalue weighted by Crippen LogP contribution is -2.11. The third-order valence-corrected chi connectivity index (χ3v) is 2.93. The summed E-state index contributed by atoms with van der Waals surface area (Å²) in [5, 5.41) is 0. The van der Waals surface area contributed by atoms with Crippen molar-refractivity contribution in [3.05, 3.63) is 32.9 Å². The van der Waals surface area contributed by atoms with Crippen molar-refractivity contribution in [2.75, 3.05) is 6.61 Å². The number of hydrogen-bond acceptors (Lipinski definition) is 2. The molecule has 17 heavy (non-hydrogen) atoms. The number of rotatable bonds is 3. The van der Waals surface area contributed by atoms with Crippen molar-refractivity contribution < 1.29 is 22.7 Å². The second-order valence-electron chi connectivity index (χ2n) is 3.29. The van der Waals surface area contributed by atoms with Gasteiger partial charge in [-0.1, -0.05) is 6.07 Å². The van der Waals surface area contributed by atoms with Crippen LogP contribution in [0.4, 0.5) is 13.2 Å². The van der Waals surface area contributed by atoms with E-state index in [9.17, 15) is 18.0 Å². The molecular formula is C11H10F3IO2. The zero-order valence-electron chi connectivity index (χ0n) is 8.97. The highest BCUT2D eigenvalue weighted by Gasteiger charge is 2.33. The minimum Gasteiger partial charge on any atom is -0.466 e. The maximum atomic E-state index is 12.6. The zero-order valence-corrected chi connectivity index (χ0v) is 11.1. The van der Waals surface area contributed by atoms with E-state index in [4.69, 9.17) is 0 Å². The van der Waals surface area contributed by atoms with Crippen LogP contribution in [0.25, 0.3) is 0 Å². The van der Waals surface area contributed by atoms with Crippen LogP contribution in [0.3, 0.4) is 0 Å². The first-order chi connectivity index (χ1) is 7.84. The molecule has 0 aliphatic heterocycles. The Morgan fingerprint density at radius 1 is 1.41 bits per heavy atom. The van der Waals surface area contributed by atoms with Crippen molar-refractivity contribution in [2.45, 2.75) is 19.5 Å². The molecule has 0 aromatic heterocycles. The normalized spacial score (nSPS) is 11.4. The highest BCUT2D eigenvalue weighted by Crippen LogP contribution is 2.33. The lowest BCUT2D eigenvalue weighted by atomic mass is 10.1. The predicted octanol–water partition coefficient (Wildman–Crippen LogP) is 3.42. The van der Waals surface area contributed by atoms with E-state index in [1.807, 2.05) is 0 Å². The molecule has 1 aromatic carbocycles. The minimum absolute atomic E-state index is 0.114. The van der Waals surface area contributed by atoms with Crippen molar-refractivity contribution in [1.29, 1.82) is 0 Å². The molecule has 0 unspecified atom stereocenters. The third kappa shape index (κ3) is 4.18. The Kier molecular flexibility index (Phi) is 4.79. The topological polar surface area (TPSA) is 26.3 Å². The fourth-order valence-electron chi connectivity index (χ4n) is 1.28. The molecule has 0 amide bonds. The summed E-state index contributed by atoms with van der Waals surface area (Å²) in [6.45, 7) is 1.86.